The summed E-state index contributed by atoms with van der Waals surface area (Å²) < 4.78 is 71.1. The normalized spacial score (nSPS) is 16.7. The van der Waals surface area contributed by atoms with Crippen molar-refractivity contribution in [3.8, 4) is 17.2 Å². The van der Waals surface area contributed by atoms with Crippen molar-refractivity contribution in [2.24, 2.45) is 0 Å². The van der Waals surface area contributed by atoms with Crippen molar-refractivity contribution < 1.29 is 51.3 Å². The van der Waals surface area contributed by atoms with Crippen molar-refractivity contribution in [2.75, 3.05) is 13.1 Å². The molecule has 9 nitrogen and oxygen atoms in total. The molecule has 1 amide bonds. The smallest absolute Gasteiger partial charge is 0.459 e. The number of ether oxygens (including phenoxy) is 2. The van der Waals surface area contributed by atoms with Gasteiger partial charge in [0.05, 0.1) is 4.90 Å². The highest BCUT2D eigenvalue weighted by atomic mass is 32.2. The van der Waals surface area contributed by atoms with Crippen molar-refractivity contribution in [3.05, 3.63) is 48.5 Å². The lowest BCUT2D eigenvalue weighted by atomic mass is 9.95. The van der Waals surface area contributed by atoms with Crippen LogP contribution in [0.5, 0.6) is 17.2 Å². The molecular formula is C21H22F3N2O7S+. The summed E-state index contributed by atoms with van der Waals surface area (Å²) in [5, 5.41) is 21.1. The number of aliphatic hydroxyl groups is 1. The van der Waals surface area contributed by atoms with Gasteiger partial charge in [0, 0.05) is 20.0 Å². The van der Waals surface area contributed by atoms with E-state index in [2.05, 4.69) is 4.74 Å². The van der Waals surface area contributed by atoms with E-state index in [4.69, 9.17) is 4.74 Å². The molecule has 0 unspecified atom stereocenters. The van der Waals surface area contributed by atoms with Crippen molar-refractivity contribution in [1.82, 2.24) is 4.90 Å². The first-order valence-electron chi connectivity index (χ1n) is 9.98. The van der Waals surface area contributed by atoms with Crippen LogP contribution in [0, 0.1) is 0 Å². The summed E-state index contributed by atoms with van der Waals surface area (Å²) in [4.78, 5) is 12.9. The predicted molar refractivity (Wildman–Crippen MR) is 111 cm³/mol. The average Bonchev–Trinajstić information content (AvgIpc) is 2.79. The molecule has 0 spiro atoms. The van der Waals surface area contributed by atoms with Gasteiger partial charge in [-0.15, -0.1) is 13.2 Å². The second-order valence-corrected chi connectivity index (χ2v) is 9.82. The van der Waals surface area contributed by atoms with E-state index in [1.807, 2.05) is 0 Å². The van der Waals surface area contributed by atoms with Gasteiger partial charge in [0.1, 0.15) is 17.2 Å². The zero-order valence-electron chi connectivity index (χ0n) is 17.9. The average molecular weight is 503 g/mol. The van der Waals surface area contributed by atoms with E-state index in [-0.39, 0.29) is 48.2 Å². The van der Waals surface area contributed by atoms with Crippen LogP contribution in [0.4, 0.5) is 13.2 Å². The number of likely N-dealkylation sites (tertiary alicyclic amines) is 1. The second-order valence-electron chi connectivity index (χ2n) is 7.56. The molecule has 0 aliphatic carbocycles. The molecule has 2 aromatic carbocycles. The fourth-order valence-corrected chi connectivity index (χ4v) is 5.64. The SMILES string of the molecule is CC(=O)N1CCC(C(O)=[NH+]O)(S(=O)(=O)c2ccc(Oc3ccc(OC(F)(F)F)cc3)cc2)CC1. The molecule has 13 heteroatoms. The van der Waals surface area contributed by atoms with E-state index >= 15 is 0 Å². The maximum Gasteiger partial charge on any atom is 0.573 e. The van der Waals surface area contributed by atoms with Gasteiger partial charge in [0.25, 0.3) is 0 Å². The molecule has 1 saturated heterocycles. The van der Waals surface area contributed by atoms with Crippen LogP contribution in [0.25, 0.3) is 0 Å². The third kappa shape index (κ3) is 5.19. The lowest BCUT2D eigenvalue weighted by Gasteiger charge is -2.36. The van der Waals surface area contributed by atoms with Crippen molar-refractivity contribution >= 4 is 21.6 Å². The number of alkyl halides is 3. The van der Waals surface area contributed by atoms with Crippen LogP contribution >= 0.6 is 0 Å². The minimum Gasteiger partial charge on any atom is -0.459 e. The Balaban J connectivity index is 1.80. The Hall–Kier alpha value is -3.48. The monoisotopic (exact) mass is 503 g/mol. The Morgan fingerprint density at radius 3 is 1.91 bits per heavy atom. The van der Waals surface area contributed by atoms with Crippen LogP contribution in [0.15, 0.2) is 53.4 Å². The van der Waals surface area contributed by atoms with Gasteiger partial charge in [0.2, 0.25) is 10.7 Å². The number of hydrogen-bond donors (Lipinski definition) is 3. The molecule has 1 fully saturated rings. The molecule has 1 aliphatic heterocycles. The molecule has 0 saturated carbocycles. The number of amides is 1. The molecule has 3 N–H and O–H groups in total. The summed E-state index contributed by atoms with van der Waals surface area (Å²) in [7, 11) is -4.22. The third-order valence-electron chi connectivity index (χ3n) is 5.50. The van der Waals surface area contributed by atoms with Crippen LogP contribution in [-0.4, -0.2) is 59.6 Å². The fourth-order valence-electron chi connectivity index (χ4n) is 3.68. The predicted octanol–water partition coefficient (Wildman–Crippen LogP) is 1.96. The molecule has 0 bridgehead atoms. The van der Waals surface area contributed by atoms with Crippen LogP contribution < -0.4 is 14.6 Å². The maximum absolute atomic E-state index is 13.4. The van der Waals surface area contributed by atoms with Crippen LogP contribution in [0.3, 0.4) is 0 Å². The maximum atomic E-state index is 13.4. The number of hydrogen-bond acceptors (Lipinski definition) is 6. The molecule has 34 heavy (non-hydrogen) atoms. The standard InChI is InChI=1S/C21H21F3N2O7S/c1-14(27)26-12-10-20(11-13-26,19(28)25-29)34(30,31)18-8-6-16(7-9-18)32-15-2-4-17(5-3-15)33-21(22,23)24/h2-9,29H,10-13H2,1H3,(H,25,28)/p+1. The van der Waals surface area contributed by atoms with Crippen molar-refractivity contribution in [1.29, 1.82) is 0 Å². The minimum absolute atomic E-state index is 0.0650. The molecule has 184 valence electrons. The number of carbonyl (C=O) groups excluding carboxylic acids is 1. The highest BCUT2D eigenvalue weighted by Crippen LogP contribution is 2.36. The number of nitrogens with one attached hydrogen (secondary N) is 1. The van der Waals surface area contributed by atoms with Gasteiger partial charge >= 0.3 is 12.3 Å². The van der Waals surface area contributed by atoms with Gasteiger partial charge < -0.3 is 19.5 Å². The van der Waals surface area contributed by atoms with E-state index in [9.17, 15) is 36.7 Å². The molecule has 1 aliphatic rings. The van der Waals surface area contributed by atoms with Gasteiger partial charge in [-0.1, -0.05) is 0 Å². The van der Waals surface area contributed by atoms with Crippen molar-refractivity contribution in [2.45, 2.75) is 35.8 Å². The first-order chi connectivity index (χ1) is 15.9. The van der Waals surface area contributed by atoms with Gasteiger partial charge in [-0.05, 0) is 66.5 Å². The summed E-state index contributed by atoms with van der Waals surface area (Å²) >= 11 is 0. The number of piperidine rings is 1. The Morgan fingerprint density at radius 1 is 1.00 bits per heavy atom. The zero-order valence-corrected chi connectivity index (χ0v) is 18.7. The molecule has 0 atom stereocenters. The first kappa shape index (κ1) is 25.1. The van der Waals surface area contributed by atoms with Gasteiger partial charge in [0.15, 0.2) is 9.84 Å². The summed E-state index contributed by atoms with van der Waals surface area (Å²) in [6.07, 6.45) is -5.10. The zero-order chi connectivity index (χ0) is 25.1. The van der Waals surface area contributed by atoms with E-state index in [0.29, 0.717) is 0 Å². The van der Waals surface area contributed by atoms with Crippen LogP contribution in [-0.2, 0) is 14.6 Å². The first-order valence-corrected chi connectivity index (χ1v) is 11.5. The highest BCUT2D eigenvalue weighted by Gasteiger charge is 2.56. The van der Waals surface area contributed by atoms with Crippen molar-refractivity contribution in [3.63, 3.8) is 0 Å². The number of halogens is 3. The van der Waals surface area contributed by atoms with E-state index in [1.165, 1.54) is 48.2 Å². The Kier molecular flexibility index (Phi) is 6.96. The van der Waals surface area contributed by atoms with E-state index in [0.717, 1.165) is 12.1 Å². The number of aliphatic hydroxyl groups excluding tert-OH is 1. The lowest BCUT2D eigenvalue weighted by Crippen LogP contribution is -2.76. The molecule has 0 aromatic heterocycles. The molecular weight excluding hydrogens is 481 g/mol. The number of carbonyl (C=O) groups is 1. The Morgan fingerprint density at radius 2 is 1.47 bits per heavy atom. The lowest BCUT2D eigenvalue weighted by molar-refractivity contribution is -0.743. The van der Waals surface area contributed by atoms with Gasteiger partial charge in [-0.3, -0.25) is 10.0 Å². The molecule has 0 radical (unpaired) electrons. The van der Waals surface area contributed by atoms with Crippen LogP contribution in [0.2, 0.25) is 0 Å². The van der Waals surface area contributed by atoms with Gasteiger partial charge in [-0.25, -0.2) is 8.42 Å². The topological polar surface area (TPSA) is 127 Å². The molecule has 2 aromatic rings. The van der Waals surface area contributed by atoms with Crippen LogP contribution in [0.1, 0.15) is 19.8 Å². The fraction of sp³-hybridized carbons (Fsp3) is 0.333. The van der Waals surface area contributed by atoms with E-state index in [1.54, 1.807) is 5.16 Å². The second kappa shape index (κ2) is 9.41. The highest BCUT2D eigenvalue weighted by molar-refractivity contribution is 7.93. The van der Waals surface area contributed by atoms with Gasteiger partial charge in [-0.2, -0.15) is 0 Å². The third-order valence-corrected chi connectivity index (χ3v) is 8.02. The summed E-state index contributed by atoms with van der Waals surface area (Å²) in [6.45, 7) is 1.48. The Labute approximate surface area is 192 Å². The van der Waals surface area contributed by atoms with E-state index < -0.39 is 32.6 Å². The molecule has 1 heterocycles. The minimum atomic E-state index is -4.82. The number of nitrogens with zero attached hydrogens (tertiary/aromatic N) is 1. The summed E-state index contributed by atoms with van der Waals surface area (Å²) in [6, 6.07) is 9.82. The molecule has 3 rings (SSSR count). The number of rotatable bonds is 6. The Bertz CT molecular complexity index is 1160. The summed E-state index contributed by atoms with van der Waals surface area (Å²) in [5.74, 6) is -1.10. The number of benzene rings is 2. The summed E-state index contributed by atoms with van der Waals surface area (Å²) in [5.41, 5.74) is 0. The number of sulfone groups is 1. The quantitative estimate of drug-likeness (QED) is 0.238. The largest absolute Gasteiger partial charge is 0.573 e.